The van der Waals surface area contributed by atoms with E-state index in [4.69, 9.17) is 9.47 Å². The third-order valence-electron chi connectivity index (χ3n) is 1.84. The molecule has 0 N–H and O–H groups in total. The quantitative estimate of drug-likeness (QED) is 0.532. The molecule has 58 valence electrons. The molecule has 0 bridgehead atoms. The van der Waals surface area contributed by atoms with Gasteiger partial charge in [-0.25, -0.2) is 0 Å². The summed E-state index contributed by atoms with van der Waals surface area (Å²) in [6, 6.07) is 0. The second-order valence-corrected chi connectivity index (χ2v) is 2.46. The van der Waals surface area contributed by atoms with E-state index < -0.39 is 0 Å². The maximum atomic E-state index is 10.3. The Morgan fingerprint density at radius 3 is 3.00 bits per heavy atom. The minimum absolute atomic E-state index is 0.262. The maximum absolute atomic E-state index is 10.3. The van der Waals surface area contributed by atoms with Gasteiger partial charge in [-0.2, -0.15) is 0 Å². The van der Waals surface area contributed by atoms with Crippen LogP contribution in [0.15, 0.2) is 0 Å². The van der Waals surface area contributed by atoms with Crippen LogP contribution in [-0.2, 0) is 14.3 Å². The predicted molar refractivity (Wildman–Crippen MR) is 35.8 cm³/mol. The molecule has 1 rings (SSSR count). The second-order valence-electron chi connectivity index (χ2n) is 2.46. The highest BCUT2D eigenvalue weighted by molar-refractivity contribution is 5.56. The van der Waals surface area contributed by atoms with Gasteiger partial charge >= 0.3 is 0 Å². The highest BCUT2D eigenvalue weighted by atomic mass is 16.5. The van der Waals surface area contributed by atoms with Crippen LogP contribution in [-0.4, -0.2) is 32.7 Å². The first-order chi connectivity index (χ1) is 4.88. The van der Waals surface area contributed by atoms with E-state index in [1.54, 1.807) is 7.11 Å². The molecular weight excluding hydrogens is 132 g/mol. The molecule has 1 aliphatic rings. The van der Waals surface area contributed by atoms with E-state index in [-0.39, 0.29) is 12.0 Å². The smallest absolute Gasteiger partial charge is 0.149 e. The topological polar surface area (TPSA) is 35.5 Å². The van der Waals surface area contributed by atoms with E-state index in [0.717, 1.165) is 19.3 Å². The molecule has 0 saturated carbocycles. The molecule has 10 heavy (non-hydrogen) atoms. The van der Waals surface area contributed by atoms with E-state index in [0.29, 0.717) is 6.61 Å². The summed E-state index contributed by atoms with van der Waals surface area (Å²) in [6.45, 7) is 1.43. The largest absolute Gasteiger partial charge is 0.381 e. The summed E-state index contributed by atoms with van der Waals surface area (Å²) < 4.78 is 10.0. The summed E-state index contributed by atoms with van der Waals surface area (Å²) in [7, 11) is 1.55. The zero-order chi connectivity index (χ0) is 7.40. The van der Waals surface area contributed by atoms with Gasteiger partial charge in [0.2, 0.25) is 0 Å². The fourth-order valence-electron chi connectivity index (χ4n) is 1.17. The SMILES string of the molecule is CO[C@@H](C=O)[C@H]1CCOC1. The Kier molecular flexibility index (Phi) is 2.83. The molecule has 3 nitrogen and oxygen atoms in total. The number of carbonyl (C=O) groups excluding carboxylic acids is 1. The zero-order valence-electron chi connectivity index (χ0n) is 6.08. The van der Waals surface area contributed by atoms with Gasteiger partial charge in [-0.3, -0.25) is 0 Å². The fourth-order valence-corrected chi connectivity index (χ4v) is 1.17. The lowest BCUT2D eigenvalue weighted by Gasteiger charge is -2.13. The Morgan fingerprint density at radius 1 is 1.80 bits per heavy atom. The van der Waals surface area contributed by atoms with Crippen LogP contribution in [0.4, 0.5) is 0 Å². The van der Waals surface area contributed by atoms with E-state index in [1.807, 2.05) is 0 Å². The van der Waals surface area contributed by atoms with Crippen molar-refractivity contribution in [1.82, 2.24) is 0 Å². The number of aldehydes is 1. The fraction of sp³-hybridized carbons (Fsp3) is 0.857. The van der Waals surface area contributed by atoms with Crippen molar-refractivity contribution < 1.29 is 14.3 Å². The summed E-state index contributed by atoms with van der Waals surface area (Å²) in [5.41, 5.74) is 0. The Morgan fingerprint density at radius 2 is 2.60 bits per heavy atom. The average molecular weight is 144 g/mol. The first kappa shape index (κ1) is 7.69. The molecule has 1 fully saturated rings. The van der Waals surface area contributed by atoms with Crippen LogP contribution in [0.5, 0.6) is 0 Å². The van der Waals surface area contributed by atoms with Crippen molar-refractivity contribution in [3.63, 3.8) is 0 Å². The minimum atomic E-state index is -0.262. The van der Waals surface area contributed by atoms with Crippen molar-refractivity contribution in [3.05, 3.63) is 0 Å². The van der Waals surface area contributed by atoms with Gasteiger partial charge in [-0.1, -0.05) is 0 Å². The first-order valence-electron chi connectivity index (χ1n) is 3.44. The standard InChI is InChI=1S/C7H12O3/c1-9-7(4-8)6-2-3-10-5-6/h4,6-7H,2-3,5H2,1H3/t6-,7-/m0/s1. The lowest BCUT2D eigenvalue weighted by molar-refractivity contribution is -0.119. The van der Waals surface area contributed by atoms with E-state index >= 15 is 0 Å². The molecule has 2 atom stereocenters. The van der Waals surface area contributed by atoms with Gasteiger partial charge in [0.05, 0.1) is 6.61 Å². The molecule has 0 aromatic heterocycles. The molecule has 3 heteroatoms. The first-order valence-corrected chi connectivity index (χ1v) is 3.44. The third kappa shape index (κ3) is 1.55. The van der Waals surface area contributed by atoms with Crippen molar-refractivity contribution >= 4 is 6.29 Å². The van der Waals surface area contributed by atoms with Crippen LogP contribution in [0.2, 0.25) is 0 Å². The van der Waals surface area contributed by atoms with Gasteiger partial charge in [0, 0.05) is 19.6 Å². The molecule has 0 aromatic rings. The monoisotopic (exact) mass is 144 g/mol. The Bertz CT molecular complexity index is 107. The molecule has 0 aliphatic carbocycles. The maximum Gasteiger partial charge on any atom is 0.149 e. The highest BCUT2D eigenvalue weighted by Crippen LogP contribution is 2.16. The predicted octanol–water partition coefficient (Wildman–Crippen LogP) is 0.237. The molecule has 0 spiro atoms. The van der Waals surface area contributed by atoms with E-state index in [1.165, 1.54) is 0 Å². The molecule has 1 heterocycles. The van der Waals surface area contributed by atoms with Crippen molar-refractivity contribution in [2.24, 2.45) is 5.92 Å². The molecule has 0 radical (unpaired) electrons. The van der Waals surface area contributed by atoms with Gasteiger partial charge in [0.1, 0.15) is 12.4 Å². The van der Waals surface area contributed by atoms with Crippen molar-refractivity contribution in [2.45, 2.75) is 12.5 Å². The summed E-state index contributed by atoms with van der Waals surface area (Å²) in [5.74, 6) is 0.280. The normalized spacial score (nSPS) is 28.3. The van der Waals surface area contributed by atoms with Crippen LogP contribution in [0.1, 0.15) is 6.42 Å². The van der Waals surface area contributed by atoms with Gasteiger partial charge in [0.15, 0.2) is 0 Å². The summed E-state index contributed by atoms with van der Waals surface area (Å²) in [5, 5.41) is 0. The van der Waals surface area contributed by atoms with Crippen molar-refractivity contribution in [2.75, 3.05) is 20.3 Å². The molecular formula is C7H12O3. The molecule has 0 amide bonds. The van der Waals surface area contributed by atoms with Crippen LogP contribution in [0.3, 0.4) is 0 Å². The van der Waals surface area contributed by atoms with Gasteiger partial charge in [-0.15, -0.1) is 0 Å². The van der Waals surface area contributed by atoms with Crippen LogP contribution >= 0.6 is 0 Å². The summed E-state index contributed by atoms with van der Waals surface area (Å²) in [6.07, 6.45) is 1.53. The van der Waals surface area contributed by atoms with Crippen LogP contribution in [0.25, 0.3) is 0 Å². The lowest BCUT2D eigenvalue weighted by Crippen LogP contribution is -2.24. The Labute approximate surface area is 60.3 Å². The molecule has 1 aliphatic heterocycles. The van der Waals surface area contributed by atoms with Gasteiger partial charge < -0.3 is 14.3 Å². The van der Waals surface area contributed by atoms with Gasteiger partial charge in [0.25, 0.3) is 0 Å². The van der Waals surface area contributed by atoms with Crippen LogP contribution in [0, 0.1) is 5.92 Å². The summed E-state index contributed by atoms with van der Waals surface area (Å²) in [4.78, 5) is 10.3. The Hall–Kier alpha value is -0.410. The molecule has 0 aromatic carbocycles. The lowest BCUT2D eigenvalue weighted by atomic mass is 10.0. The van der Waals surface area contributed by atoms with E-state index in [2.05, 4.69) is 0 Å². The van der Waals surface area contributed by atoms with Crippen molar-refractivity contribution in [3.8, 4) is 0 Å². The summed E-state index contributed by atoms with van der Waals surface area (Å²) >= 11 is 0. The number of carbonyl (C=O) groups is 1. The Balaban J connectivity index is 2.36. The minimum Gasteiger partial charge on any atom is -0.381 e. The van der Waals surface area contributed by atoms with E-state index in [9.17, 15) is 4.79 Å². The van der Waals surface area contributed by atoms with Crippen molar-refractivity contribution in [1.29, 1.82) is 0 Å². The third-order valence-corrected chi connectivity index (χ3v) is 1.84. The number of rotatable bonds is 3. The number of hydrogen-bond donors (Lipinski definition) is 0. The number of hydrogen-bond acceptors (Lipinski definition) is 3. The second kappa shape index (κ2) is 3.68. The molecule has 1 saturated heterocycles. The average Bonchev–Trinajstić information content (AvgIpc) is 2.43. The number of ether oxygens (including phenoxy) is 2. The van der Waals surface area contributed by atoms with Gasteiger partial charge in [-0.05, 0) is 6.42 Å². The molecule has 0 unspecified atom stereocenters. The zero-order valence-corrected chi connectivity index (χ0v) is 6.08. The van der Waals surface area contributed by atoms with Crippen LogP contribution < -0.4 is 0 Å². The number of methoxy groups -OCH3 is 1. The highest BCUT2D eigenvalue weighted by Gasteiger charge is 2.24.